The van der Waals surface area contributed by atoms with Gasteiger partial charge in [0.2, 0.25) is 10.0 Å². The Morgan fingerprint density at radius 3 is 2.81 bits per heavy atom. The number of nitrogens with one attached hydrogen (secondary N) is 1. The minimum Gasteiger partial charge on any atom is -0.496 e. The summed E-state index contributed by atoms with van der Waals surface area (Å²) in [5, 5.41) is 3.08. The van der Waals surface area contributed by atoms with E-state index in [1.54, 1.807) is 50.0 Å². The molecular formula is C21H23N5O4S. The van der Waals surface area contributed by atoms with E-state index in [1.807, 2.05) is 19.1 Å². The van der Waals surface area contributed by atoms with Gasteiger partial charge in [0.25, 0.3) is 0 Å². The van der Waals surface area contributed by atoms with Crippen molar-refractivity contribution in [1.82, 2.24) is 19.3 Å². The third-order valence-corrected chi connectivity index (χ3v) is 6.81. The number of hydrogen-bond donors (Lipinski definition) is 1. The van der Waals surface area contributed by atoms with Gasteiger partial charge < -0.3 is 14.8 Å². The molecule has 0 bridgehead atoms. The molecule has 0 spiro atoms. The number of rotatable bonds is 6. The number of nitrogens with zero attached hydrogens (tertiary/aromatic N) is 4. The first-order chi connectivity index (χ1) is 15.0. The first kappa shape index (κ1) is 21.2. The molecule has 1 aliphatic rings. The predicted octanol–water partition coefficient (Wildman–Crippen LogP) is 2.69. The molecule has 3 aromatic rings. The average molecular weight is 442 g/mol. The Labute approximate surface area is 181 Å². The third-order valence-electron chi connectivity index (χ3n) is 4.95. The van der Waals surface area contributed by atoms with E-state index in [0.717, 1.165) is 5.56 Å². The molecule has 3 heterocycles. The Bertz CT molecular complexity index is 1160. The van der Waals surface area contributed by atoms with Crippen LogP contribution in [-0.2, 0) is 14.8 Å². The van der Waals surface area contributed by atoms with Crippen molar-refractivity contribution in [3.8, 4) is 5.75 Å². The van der Waals surface area contributed by atoms with Crippen molar-refractivity contribution in [2.75, 3.05) is 32.1 Å². The fourth-order valence-electron chi connectivity index (χ4n) is 3.38. The maximum atomic E-state index is 13.2. The van der Waals surface area contributed by atoms with Crippen molar-refractivity contribution in [2.45, 2.75) is 17.9 Å². The molecule has 0 saturated carbocycles. The molecule has 162 valence electrons. The van der Waals surface area contributed by atoms with Crippen molar-refractivity contribution >= 4 is 21.7 Å². The highest BCUT2D eigenvalue weighted by Crippen LogP contribution is 2.28. The van der Waals surface area contributed by atoms with Crippen LogP contribution >= 0.6 is 0 Å². The van der Waals surface area contributed by atoms with Gasteiger partial charge in [-0.3, -0.25) is 4.98 Å². The molecule has 0 amide bonds. The Hall–Kier alpha value is -3.08. The summed E-state index contributed by atoms with van der Waals surface area (Å²) in [5.74, 6) is 1.79. The van der Waals surface area contributed by atoms with Crippen LogP contribution in [-0.4, -0.2) is 54.5 Å². The molecule has 10 heteroatoms. The topological polar surface area (TPSA) is 107 Å². The zero-order valence-corrected chi connectivity index (χ0v) is 18.0. The molecule has 1 aliphatic heterocycles. The van der Waals surface area contributed by atoms with Gasteiger partial charge in [-0.05, 0) is 42.8 Å². The van der Waals surface area contributed by atoms with Gasteiger partial charge in [-0.2, -0.15) is 4.31 Å². The van der Waals surface area contributed by atoms with Crippen LogP contribution in [0, 0.1) is 6.92 Å². The summed E-state index contributed by atoms with van der Waals surface area (Å²) in [4.78, 5) is 13.0. The number of methoxy groups -OCH3 is 1. The van der Waals surface area contributed by atoms with Gasteiger partial charge in [-0.1, -0.05) is 6.07 Å². The maximum absolute atomic E-state index is 13.2. The lowest BCUT2D eigenvalue weighted by atomic mass is 10.2. The highest BCUT2D eigenvalue weighted by molar-refractivity contribution is 7.89. The second-order valence-electron chi connectivity index (χ2n) is 7.02. The zero-order chi connectivity index (χ0) is 21.8. The highest BCUT2D eigenvalue weighted by atomic mass is 32.2. The number of hydrogen-bond acceptors (Lipinski definition) is 8. The molecule has 0 radical (unpaired) electrons. The molecule has 1 unspecified atom stereocenters. The number of pyridine rings is 1. The minimum atomic E-state index is -3.67. The molecule has 0 aliphatic carbocycles. The van der Waals surface area contributed by atoms with E-state index in [9.17, 15) is 8.42 Å². The van der Waals surface area contributed by atoms with Crippen LogP contribution in [0.3, 0.4) is 0 Å². The highest BCUT2D eigenvalue weighted by Gasteiger charge is 2.32. The Morgan fingerprint density at radius 2 is 2.06 bits per heavy atom. The third kappa shape index (κ3) is 4.66. The van der Waals surface area contributed by atoms with Crippen molar-refractivity contribution < 1.29 is 17.9 Å². The minimum absolute atomic E-state index is 0.176. The van der Waals surface area contributed by atoms with E-state index >= 15 is 0 Å². The van der Waals surface area contributed by atoms with E-state index in [4.69, 9.17) is 9.47 Å². The van der Waals surface area contributed by atoms with Crippen molar-refractivity contribution in [3.63, 3.8) is 0 Å². The molecule has 1 saturated heterocycles. The quantitative estimate of drug-likeness (QED) is 0.622. The first-order valence-corrected chi connectivity index (χ1v) is 11.2. The second kappa shape index (κ2) is 8.96. The zero-order valence-electron chi connectivity index (χ0n) is 17.2. The van der Waals surface area contributed by atoms with Crippen LogP contribution in [0.2, 0.25) is 0 Å². The number of morpholine rings is 1. The van der Waals surface area contributed by atoms with Gasteiger partial charge in [0.05, 0.1) is 30.5 Å². The van der Waals surface area contributed by atoms with Crippen LogP contribution in [0.25, 0.3) is 0 Å². The Balaban J connectivity index is 1.53. The summed E-state index contributed by atoms with van der Waals surface area (Å²) in [7, 11) is -2.11. The SMILES string of the molecule is COc1ccc(S(=O)(=O)N2CCOC(c3cccc(Nc4cnccn4)n3)C2)cc1C. The lowest BCUT2D eigenvalue weighted by Gasteiger charge is -2.32. The van der Waals surface area contributed by atoms with Crippen molar-refractivity contribution in [2.24, 2.45) is 0 Å². The molecule has 1 fully saturated rings. The lowest BCUT2D eigenvalue weighted by molar-refractivity contribution is -0.00486. The summed E-state index contributed by atoms with van der Waals surface area (Å²) < 4.78 is 38.9. The predicted molar refractivity (Wildman–Crippen MR) is 115 cm³/mol. The number of aryl methyl sites for hydroxylation is 1. The van der Waals surface area contributed by atoms with Gasteiger partial charge in [-0.15, -0.1) is 0 Å². The molecule has 2 aromatic heterocycles. The van der Waals surface area contributed by atoms with Crippen molar-refractivity contribution in [3.05, 3.63) is 66.2 Å². The standard InChI is InChI=1S/C21H23N5O4S/c1-15-12-16(6-7-18(15)29-2)31(27,28)26-10-11-30-19(14-26)17-4-3-5-20(24-17)25-21-13-22-8-9-23-21/h3-9,12-13,19H,10-11,14H2,1-2H3,(H,23,24,25). The van der Waals surface area contributed by atoms with Gasteiger partial charge in [0, 0.05) is 25.5 Å². The molecule has 1 N–H and O–H groups in total. The number of aromatic nitrogens is 3. The monoisotopic (exact) mass is 441 g/mol. The average Bonchev–Trinajstić information content (AvgIpc) is 2.80. The summed E-state index contributed by atoms with van der Waals surface area (Å²) in [5.41, 5.74) is 1.40. The van der Waals surface area contributed by atoms with Crippen LogP contribution in [0.5, 0.6) is 5.75 Å². The fraction of sp³-hybridized carbons (Fsp3) is 0.286. The number of sulfonamides is 1. The van der Waals surface area contributed by atoms with Gasteiger partial charge >= 0.3 is 0 Å². The maximum Gasteiger partial charge on any atom is 0.243 e. The van der Waals surface area contributed by atoms with E-state index in [1.165, 1.54) is 4.31 Å². The van der Waals surface area contributed by atoms with Crippen molar-refractivity contribution in [1.29, 1.82) is 0 Å². The Morgan fingerprint density at radius 1 is 1.19 bits per heavy atom. The van der Waals surface area contributed by atoms with Crippen LogP contribution in [0.4, 0.5) is 11.6 Å². The lowest BCUT2D eigenvalue weighted by Crippen LogP contribution is -2.42. The van der Waals surface area contributed by atoms with Gasteiger partial charge in [-0.25, -0.2) is 18.4 Å². The summed E-state index contributed by atoms with van der Waals surface area (Å²) in [6.45, 7) is 2.55. The van der Waals surface area contributed by atoms with E-state index in [2.05, 4.69) is 20.3 Å². The number of benzene rings is 1. The fourth-order valence-corrected chi connectivity index (χ4v) is 4.89. The summed E-state index contributed by atoms with van der Waals surface area (Å²) in [6.07, 6.45) is 4.28. The molecule has 1 atom stereocenters. The largest absolute Gasteiger partial charge is 0.496 e. The van der Waals surface area contributed by atoms with Crippen LogP contribution < -0.4 is 10.1 Å². The normalized spacial score (nSPS) is 17.3. The molecule has 1 aromatic carbocycles. The summed E-state index contributed by atoms with van der Waals surface area (Å²) >= 11 is 0. The van der Waals surface area contributed by atoms with E-state index in [0.29, 0.717) is 23.1 Å². The number of ether oxygens (including phenoxy) is 2. The van der Waals surface area contributed by atoms with E-state index in [-0.39, 0.29) is 24.6 Å². The second-order valence-corrected chi connectivity index (χ2v) is 8.96. The summed E-state index contributed by atoms with van der Waals surface area (Å²) in [6, 6.07) is 10.3. The molecule has 9 nitrogen and oxygen atoms in total. The Kier molecular flexibility index (Phi) is 6.12. The van der Waals surface area contributed by atoms with Gasteiger partial charge in [0.1, 0.15) is 23.5 Å². The van der Waals surface area contributed by atoms with Crippen LogP contribution in [0.1, 0.15) is 17.4 Å². The first-order valence-electron chi connectivity index (χ1n) is 9.74. The van der Waals surface area contributed by atoms with Gasteiger partial charge in [0.15, 0.2) is 0 Å². The van der Waals surface area contributed by atoms with E-state index < -0.39 is 16.1 Å². The molecule has 4 rings (SSSR count). The molecule has 31 heavy (non-hydrogen) atoms. The molecular weight excluding hydrogens is 418 g/mol. The van der Waals surface area contributed by atoms with Crippen LogP contribution in [0.15, 0.2) is 59.9 Å². The number of anilines is 2. The smallest absolute Gasteiger partial charge is 0.243 e.